The molecule has 1 aliphatic heterocycles. The minimum atomic E-state index is -4.32. The second-order valence-electron chi connectivity index (χ2n) is 6.65. The topological polar surface area (TPSA) is 3.24 Å². The van der Waals surface area contributed by atoms with E-state index >= 15 is 0 Å². The van der Waals surface area contributed by atoms with Crippen LogP contribution < -0.4 is 0 Å². The highest BCUT2D eigenvalue weighted by atomic mass is 32.1. The van der Waals surface area contributed by atoms with Gasteiger partial charge in [0, 0.05) is 17.5 Å². The van der Waals surface area contributed by atoms with E-state index < -0.39 is 11.7 Å². The molecule has 1 fully saturated rings. The van der Waals surface area contributed by atoms with Crippen LogP contribution >= 0.6 is 11.3 Å². The van der Waals surface area contributed by atoms with Gasteiger partial charge in [0.05, 0.1) is 5.56 Å². The van der Waals surface area contributed by atoms with Crippen molar-refractivity contribution in [2.75, 3.05) is 6.54 Å². The molecule has 27 heavy (non-hydrogen) atoms. The van der Waals surface area contributed by atoms with Crippen LogP contribution in [0.4, 0.5) is 13.2 Å². The predicted molar refractivity (Wildman–Crippen MR) is 104 cm³/mol. The van der Waals surface area contributed by atoms with E-state index in [0.717, 1.165) is 35.4 Å². The highest BCUT2D eigenvalue weighted by Crippen LogP contribution is 2.39. The van der Waals surface area contributed by atoms with Gasteiger partial charge in [0.1, 0.15) is 6.04 Å². The van der Waals surface area contributed by atoms with Gasteiger partial charge >= 0.3 is 6.18 Å². The fourth-order valence-corrected chi connectivity index (χ4v) is 4.09. The fourth-order valence-electron chi connectivity index (χ4n) is 3.29. The Labute approximate surface area is 162 Å². The summed E-state index contributed by atoms with van der Waals surface area (Å²) in [6.45, 7) is 6.55. The van der Waals surface area contributed by atoms with E-state index in [9.17, 15) is 13.2 Å². The smallest absolute Gasteiger partial charge is 0.278 e. The van der Waals surface area contributed by atoms with E-state index in [-0.39, 0.29) is 12.1 Å². The van der Waals surface area contributed by atoms with Crippen LogP contribution in [0, 0.1) is 18.3 Å². The third-order valence-electron chi connectivity index (χ3n) is 4.57. The predicted octanol–water partition coefficient (Wildman–Crippen LogP) is 6.43. The van der Waals surface area contributed by atoms with Crippen molar-refractivity contribution in [2.45, 2.75) is 38.0 Å². The van der Waals surface area contributed by atoms with E-state index in [1.54, 1.807) is 23.5 Å². The van der Waals surface area contributed by atoms with Crippen LogP contribution in [-0.4, -0.2) is 11.4 Å². The number of hydrogen-bond donors (Lipinski definition) is 0. The van der Waals surface area contributed by atoms with Crippen LogP contribution in [0.3, 0.4) is 0 Å². The number of nitrogens with zero attached hydrogens (tertiary/aromatic N) is 1. The van der Waals surface area contributed by atoms with Crippen molar-refractivity contribution in [2.24, 2.45) is 0 Å². The second-order valence-corrected chi connectivity index (χ2v) is 7.63. The summed E-state index contributed by atoms with van der Waals surface area (Å²) in [5.74, 6) is 6.41. The third kappa shape index (κ3) is 4.82. The number of rotatable bonds is 3. The van der Waals surface area contributed by atoms with Crippen molar-refractivity contribution in [1.29, 1.82) is 0 Å². The van der Waals surface area contributed by atoms with Crippen LogP contribution in [0.1, 0.15) is 47.9 Å². The summed E-state index contributed by atoms with van der Waals surface area (Å²) >= 11 is 1.65. The quantitative estimate of drug-likeness (QED) is 0.548. The van der Waals surface area contributed by atoms with Crippen LogP contribution in [0.5, 0.6) is 0 Å². The van der Waals surface area contributed by atoms with Gasteiger partial charge in [-0.15, -0.1) is 11.3 Å². The first-order valence-electron chi connectivity index (χ1n) is 8.81. The SMILES string of the molecule is C=C(C)C#C[C@H](c1cccs1)N1CC[CH]C[C@H]1c1ccc(C(F)(F)F)cc1. The number of allylic oxidation sites excluding steroid dienone is 1. The molecule has 1 radical (unpaired) electrons. The summed E-state index contributed by atoms with van der Waals surface area (Å²) in [7, 11) is 0. The monoisotopic (exact) mass is 388 g/mol. The first-order valence-corrected chi connectivity index (χ1v) is 9.69. The van der Waals surface area contributed by atoms with Crippen molar-refractivity contribution in [3.05, 3.63) is 76.4 Å². The van der Waals surface area contributed by atoms with Crippen molar-refractivity contribution in [3.8, 4) is 11.8 Å². The van der Waals surface area contributed by atoms with Gasteiger partial charge in [-0.25, -0.2) is 0 Å². The summed E-state index contributed by atoms with van der Waals surface area (Å²) in [6.07, 6.45) is -0.379. The zero-order chi connectivity index (χ0) is 19.4. The van der Waals surface area contributed by atoms with Crippen molar-refractivity contribution < 1.29 is 13.2 Å². The number of piperidine rings is 1. The van der Waals surface area contributed by atoms with E-state index in [2.05, 4.69) is 35.8 Å². The van der Waals surface area contributed by atoms with Gasteiger partial charge in [0.2, 0.25) is 0 Å². The Morgan fingerprint density at radius 1 is 1.26 bits per heavy atom. The highest BCUT2D eigenvalue weighted by molar-refractivity contribution is 7.10. The lowest BCUT2D eigenvalue weighted by Gasteiger charge is -2.39. The second kappa shape index (κ2) is 8.33. The average Bonchev–Trinajstić information content (AvgIpc) is 3.16. The van der Waals surface area contributed by atoms with Crippen LogP contribution in [-0.2, 0) is 6.18 Å². The molecule has 0 amide bonds. The van der Waals surface area contributed by atoms with E-state index in [4.69, 9.17) is 0 Å². The molecule has 0 aliphatic carbocycles. The Morgan fingerprint density at radius 2 is 2.00 bits per heavy atom. The maximum atomic E-state index is 12.9. The number of likely N-dealkylation sites (tertiary alicyclic amines) is 1. The van der Waals surface area contributed by atoms with Gasteiger partial charge in [0.15, 0.2) is 0 Å². The summed E-state index contributed by atoms with van der Waals surface area (Å²) in [5, 5.41) is 2.02. The van der Waals surface area contributed by atoms with E-state index in [1.807, 2.05) is 18.4 Å². The van der Waals surface area contributed by atoms with Crippen LogP contribution in [0.15, 0.2) is 53.9 Å². The lowest BCUT2D eigenvalue weighted by Crippen LogP contribution is -2.36. The number of thiophene rings is 1. The number of halogens is 3. The zero-order valence-corrected chi connectivity index (χ0v) is 15.9. The lowest BCUT2D eigenvalue weighted by atomic mass is 9.92. The molecule has 0 bridgehead atoms. The summed E-state index contributed by atoms with van der Waals surface area (Å²) in [6, 6.07) is 9.50. The molecule has 2 atom stereocenters. The lowest BCUT2D eigenvalue weighted by molar-refractivity contribution is -0.137. The van der Waals surface area contributed by atoms with E-state index in [0.29, 0.717) is 0 Å². The molecule has 2 heterocycles. The largest absolute Gasteiger partial charge is 0.416 e. The third-order valence-corrected chi connectivity index (χ3v) is 5.50. The Bertz CT molecular complexity index is 825. The standard InChI is InChI=1S/C22H21F3NS/c1-16(2)8-13-20(21-7-5-15-27-21)26-14-4-3-6-19(26)17-9-11-18(12-10-17)22(23,24)25/h3,5,7,9-12,15,19-20H,1,4,6,14H2,2H3/t19-,20+/m0/s1. The van der Waals surface area contributed by atoms with Crippen molar-refractivity contribution >= 4 is 11.3 Å². The van der Waals surface area contributed by atoms with Gasteiger partial charge in [-0.3, -0.25) is 4.90 Å². The molecule has 1 aliphatic rings. The molecule has 0 spiro atoms. The maximum absolute atomic E-state index is 12.9. The normalized spacial score (nSPS) is 19.2. The Balaban J connectivity index is 1.94. The minimum absolute atomic E-state index is 0.00700. The number of hydrogen-bond acceptors (Lipinski definition) is 2. The molecule has 1 aromatic heterocycles. The molecule has 141 valence electrons. The molecule has 0 N–H and O–H groups in total. The average molecular weight is 388 g/mol. The molecule has 1 nitrogen and oxygen atoms in total. The Morgan fingerprint density at radius 3 is 2.59 bits per heavy atom. The van der Waals surface area contributed by atoms with Crippen molar-refractivity contribution in [3.63, 3.8) is 0 Å². The fraction of sp³-hybridized carbons (Fsp3) is 0.318. The molecular weight excluding hydrogens is 367 g/mol. The van der Waals surface area contributed by atoms with Gasteiger partial charge in [-0.2, -0.15) is 13.2 Å². The van der Waals surface area contributed by atoms with Crippen LogP contribution in [0.25, 0.3) is 0 Å². The van der Waals surface area contributed by atoms with Crippen molar-refractivity contribution in [1.82, 2.24) is 4.90 Å². The zero-order valence-electron chi connectivity index (χ0n) is 15.1. The molecule has 1 aromatic carbocycles. The highest BCUT2D eigenvalue weighted by Gasteiger charge is 2.33. The first-order chi connectivity index (χ1) is 12.9. The van der Waals surface area contributed by atoms with Gasteiger partial charge in [-0.05, 0) is 60.9 Å². The number of benzene rings is 1. The molecule has 1 saturated heterocycles. The summed E-state index contributed by atoms with van der Waals surface area (Å²) in [4.78, 5) is 3.44. The van der Waals surface area contributed by atoms with Gasteiger partial charge in [-0.1, -0.05) is 36.6 Å². The maximum Gasteiger partial charge on any atom is 0.416 e. The Hall–Kier alpha value is -2.03. The molecule has 3 rings (SSSR count). The summed E-state index contributed by atoms with van der Waals surface area (Å²) in [5.41, 5.74) is 1.07. The molecule has 0 unspecified atom stereocenters. The molecule has 0 saturated carbocycles. The molecule has 5 heteroatoms. The number of alkyl halides is 3. The van der Waals surface area contributed by atoms with Crippen LogP contribution in [0.2, 0.25) is 0 Å². The Kier molecular flexibility index (Phi) is 6.08. The molecule has 2 aromatic rings. The van der Waals surface area contributed by atoms with E-state index in [1.165, 1.54) is 12.1 Å². The minimum Gasteiger partial charge on any atom is -0.278 e. The summed E-state index contributed by atoms with van der Waals surface area (Å²) < 4.78 is 38.7. The van der Waals surface area contributed by atoms with Gasteiger partial charge in [0.25, 0.3) is 0 Å². The molecular formula is C22H21F3NS. The first kappa shape index (κ1) is 19.7. The van der Waals surface area contributed by atoms with Gasteiger partial charge < -0.3 is 0 Å².